The van der Waals surface area contributed by atoms with Gasteiger partial charge in [0.2, 0.25) is 11.8 Å². The third-order valence-electron chi connectivity index (χ3n) is 6.00. The molecule has 2 bridgehead atoms. The summed E-state index contributed by atoms with van der Waals surface area (Å²) in [6.45, 7) is 1.32. The fourth-order valence-corrected chi connectivity index (χ4v) is 5.06. The minimum absolute atomic E-state index is 0.102. The van der Waals surface area contributed by atoms with E-state index < -0.39 is 5.97 Å². The molecule has 1 aliphatic heterocycles. The number of carbonyl (C=O) groups excluding carboxylic acids is 3. The quantitative estimate of drug-likeness (QED) is 0.362. The minimum Gasteiger partial charge on any atom is -0.427 e. The molecule has 122 valence electrons. The number of carbonyl (C=O) groups is 3. The second-order valence-corrected chi connectivity index (χ2v) is 7.26. The van der Waals surface area contributed by atoms with Crippen molar-refractivity contribution in [2.45, 2.75) is 13.3 Å². The van der Waals surface area contributed by atoms with Crippen LogP contribution in [0.3, 0.4) is 0 Å². The first-order chi connectivity index (χ1) is 11.6. The maximum Gasteiger partial charge on any atom is 0.308 e. The van der Waals surface area contributed by atoms with Crippen LogP contribution in [0, 0.1) is 35.5 Å². The van der Waals surface area contributed by atoms with Gasteiger partial charge in [-0.2, -0.15) is 0 Å². The molecule has 0 radical (unpaired) electrons. The number of nitrogens with zero attached hydrogens (tertiary/aromatic N) is 1. The third kappa shape index (κ3) is 1.72. The van der Waals surface area contributed by atoms with Gasteiger partial charge in [0.1, 0.15) is 5.75 Å². The first kappa shape index (κ1) is 14.0. The number of amides is 2. The number of hydrogen-bond acceptors (Lipinski definition) is 4. The van der Waals surface area contributed by atoms with Crippen LogP contribution < -0.4 is 9.64 Å². The van der Waals surface area contributed by atoms with Crippen LogP contribution >= 0.6 is 0 Å². The lowest BCUT2D eigenvalue weighted by Gasteiger charge is -2.37. The van der Waals surface area contributed by atoms with Crippen LogP contribution in [0.5, 0.6) is 5.75 Å². The monoisotopic (exact) mass is 323 g/mol. The van der Waals surface area contributed by atoms with E-state index in [9.17, 15) is 14.4 Å². The summed E-state index contributed by atoms with van der Waals surface area (Å²) in [5.74, 6) is 0.884. The summed E-state index contributed by atoms with van der Waals surface area (Å²) in [6, 6.07) is 6.64. The Bertz CT molecular complexity index is 777. The Labute approximate surface area is 139 Å². The molecule has 5 nitrogen and oxygen atoms in total. The van der Waals surface area contributed by atoms with Crippen LogP contribution in [0.1, 0.15) is 13.3 Å². The summed E-state index contributed by atoms with van der Waals surface area (Å²) >= 11 is 0. The Hall–Kier alpha value is -2.43. The molecule has 1 aromatic carbocycles. The van der Waals surface area contributed by atoms with E-state index in [-0.39, 0.29) is 35.5 Å². The molecule has 1 aromatic rings. The maximum atomic E-state index is 13.0. The van der Waals surface area contributed by atoms with E-state index in [4.69, 9.17) is 4.74 Å². The largest absolute Gasteiger partial charge is 0.427 e. The highest BCUT2D eigenvalue weighted by Crippen LogP contribution is 2.65. The molecule has 6 rings (SSSR count). The second-order valence-electron chi connectivity index (χ2n) is 7.26. The van der Waals surface area contributed by atoms with Gasteiger partial charge in [0.15, 0.2) is 0 Å². The van der Waals surface area contributed by atoms with Gasteiger partial charge >= 0.3 is 5.97 Å². The van der Waals surface area contributed by atoms with Gasteiger partial charge < -0.3 is 4.74 Å². The topological polar surface area (TPSA) is 63.7 Å². The molecule has 5 aliphatic rings. The number of imide groups is 1. The Morgan fingerprint density at radius 2 is 1.71 bits per heavy atom. The zero-order valence-electron chi connectivity index (χ0n) is 13.2. The molecule has 0 unspecified atom stereocenters. The third-order valence-corrected chi connectivity index (χ3v) is 6.00. The highest BCUT2D eigenvalue weighted by atomic mass is 16.5. The summed E-state index contributed by atoms with van der Waals surface area (Å²) in [7, 11) is 0. The van der Waals surface area contributed by atoms with E-state index in [1.165, 1.54) is 11.8 Å². The molecule has 2 amide bonds. The van der Waals surface area contributed by atoms with Crippen LogP contribution in [-0.2, 0) is 14.4 Å². The number of rotatable bonds is 2. The predicted octanol–water partition coefficient (Wildman–Crippen LogP) is 2.17. The molecular weight excluding hydrogens is 306 g/mol. The van der Waals surface area contributed by atoms with Crippen molar-refractivity contribution in [3.63, 3.8) is 0 Å². The summed E-state index contributed by atoms with van der Waals surface area (Å²) < 4.78 is 5.08. The van der Waals surface area contributed by atoms with Gasteiger partial charge in [0.25, 0.3) is 0 Å². The normalized spacial score (nSPS) is 38.1. The summed E-state index contributed by atoms with van der Waals surface area (Å²) in [5.41, 5.74) is 0.492. The molecule has 0 N–H and O–H groups in total. The van der Waals surface area contributed by atoms with Crippen LogP contribution in [0.4, 0.5) is 5.69 Å². The number of benzene rings is 1. The van der Waals surface area contributed by atoms with Crippen LogP contribution in [0.2, 0.25) is 0 Å². The zero-order valence-corrected chi connectivity index (χ0v) is 13.2. The molecule has 0 spiro atoms. The highest BCUT2D eigenvalue weighted by molar-refractivity contribution is 6.22. The van der Waals surface area contributed by atoms with Crippen molar-refractivity contribution in [3.05, 3.63) is 36.4 Å². The van der Waals surface area contributed by atoms with Crippen molar-refractivity contribution in [2.75, 3.05) is 4.90 Å². The van der Waals surface area contributed by atoms with E-state index in [1.807, 2.05) is 0 Å². The van der Waals surface area contributed by atoms with Crippen molar-refractivity contribution < 1.29 is 19.1 Å². The lowest BCUT2D eigenvalue weighted by molar-refractivity contribution is -0.132. The summed E-state index contributed by atoms with van der Waals surface area (Å²) in [6.07, 6.45) is 5.46. The van der Waals surface area contributed by atoms with Crippen LogP contribution in [-0.4, -0.2) is 17.8 Å². The van der Waals surface area contributed by atoms with E-state index in [1.54, 1.807) is 24.3 Å². The standard InChI is InChI=1S/C19H17NO4/c1-9(21)24-11-4-2-3-10(7-11)20-18(22)16-12-5-6-13(15-8-14(12)15)17(16)19(20)23/h2-7,12-17H,8H2,1H3/t12-,13-,14-,15-,16+,17+/m0/s1. The number of allylic oxidation sites excluding steroid dienone is 2. The fourth-order valence-electron chi connectivity index (χ4n) is 5.06. The number of anilines is 1. The second kappa shape index (κ2) is 4.56. The van der Waals surface area contributed by atoms with Crippen molar-refractivity contribution in [1.29, 1.82) is 0 Å². The molecule has 2 saturated carbocycles. The molecule has 1 saturated heterocycles. The summed E-state index contributed by atoms with van der Waals surface area (Å²) in [5, 5.41) is 0. The van der Waals surface area contributed by atoms with Crippen molar-refractivity contribution in [3.8, 4) is 5.75 Å². The SMILES string of the molecule is CC(=O)Oc1cccc(N2C(=O)[C@@H]3[C@H]4C=C[C@@H]([C@@H]5C[C@@H]45)[C@H]3C2=O)c1. The van der Waals surface area contributed by atoms with Gasteiger partial charge in [-0.05, 0) is 42.2 Å². The Balaban J connectivity index is 1.51. The van der Waals surface area contributed by atoms with Gasteiger partial charge in [-0.15, -0.1) is 0 Å². The van der Waals surface area contributed by atoms with E-state index >= 15 is 0 Å². The number of hydrogen-bond donors (Lipinski definition) is 0. The molecule has 24 heavy (non-hydrogen) atoms. The Kier molecular flexibility index (Phi) is 2.65. The molecule has 5 heteroatoms. The fraction of sp³-hybridized carbons (Fsp3) is 0.421. The van der Waals surface area contributed by atoms with E-state index in [0.29, 0.717) is 23.3 Å². The number of ether oxygens (including phenoxy) is 1. The van der Waals surface area contributed by atoms with Crippen molar-refractivity contribution >= 4 is 23.5 Å². The maximum absolute atomic E-state index is 13.0. The smallest absolute Gasteiger partial charge is 0.308 e. The van der Waals surface area contributed by atoms with Gasteiger partial charge in [0, 0.05) is 13.0 Å². The molecule has 4 aliphatic carbocycles. The lowest BCUT2D eigenvalue weighted by atomic mass is 9.63. The number of esters is 1. The Morgan fingerprint density at radius 3 is 2.29 bits per heavy atom. The van der Waals surface area contributed by atoms with Gasteiger partial charge in [-0.3, -0.25) is 14.4 Å². The van der Waals surface area contributed by atoms with Crippen LogP contribution in [0.25, 0.3) is 0 Å². The van der Waals surface area contributed by atoms with E-state index in [0.717, 1.165) is 6.42 Å². The highest BCUT2D eigenvalue weighted by Gasteiger charge is 2.67. The molecule has 3 fully saturated rings. The van der Waals surface area contributed by atoms with Crippen molar-refractivity contribution in [1.82, 2.24) is 0 Å². The first-order valence-corrected chi connectivity index (χ1v) is 8.41. The molecule has 6 atom stereocenters. The molecule has 0 aromatic heterocycles. The summed E-state index contributed by atoms with van der Waals surface area (Å²) in [4.78, 5) is 38.4. The van der Waals surface area contributed by atoms with Gasteiger partial charge in [-0.1, -0.05) is 18.2 Å². The van der Waals surface area contributed by atoms with Gasteiger partial charge in [-0.25, -0.2) is 4.90 Å². The van der Waals surface area contributed by atoms with Gasteiger partial charge in [0.05, 0.1) is 17.5 Å². The average Bonchev–Trinajstić information content (AvgIpc) is 3.31. The minimum atomic E-state index is -0.428. The lowest BCUT2D eigenvalue weighted by Crippen LogP contribution is -2.40. The first-order valence-electron chi connectivity index (χ1n) is 8.41. The molecule has 1 heterocycles. The van der Waals surface area contributed by atoms with Crippen molar-refractivity contribution in [2.24, 2.45) is 35.5 Å². The molecular formula is C19H17NO4. The van der Waals surface area contributed by atoms with E-state index in [2.05, 4.69) is 12.2 Å². The predicted molar refractivity (Wildman–Crippen MR) is 84.9 cm³/mol. The Morgan fingerprint density at radius 1 is 1.08 bits per heavy atom. The zero-order chi connectivity index (χ0) is 16.6. The van der Waals surface area contributed by atoms with Crippen LogP contribution in [0.15, 0.2) is 36.4 Å². The average molecular weight is 323 g/mol.